The van der Waals surface area contributed by atoms with Crippen molar-refractivity contribution < 1.29 is 0 Å². The molecule has 1 fully saturated rings. The highest BCUT2D eigenvalue weighted by Gasteiger charge is 2.25. The van der Waals surface area contributed by atoms with Crippen LogP contribution in [0.3, 0.4) is 0 Å². The van der Waals surface area contributed by atoms with Crippen LogP contribution in [0.2, 0.25) is 0 Å². The fraction of sp³-hybridized carbons (Fsp3) is 0.706. The van der Waals surface area contributed by atoms with E-state index in [0.717, 1.165) is 5.92 Å². The molecule has 0 radical (unpaired) electrons. The van der Waals surface area contributed by atoms with Crippen LogP contribution in [0.15, 0.2) is 24.5 Å². The van der Waals surface area contributed by atoms with Gasteiger partial charge in [-0.1, -0.05) is 6.92 Å². The quantitative estimate of drug-likeness (QED) is 0.864. The van der Waals surface area contributed by atoms with Crippen LogP contribution in [0, 0.1) is 5.92 Å². The van der Waals surface area contributed by atoms with E-state index >= 15 is 0 Å². The van der Waals surface area contributed by atoms with E-state index in [1.54, 1.807) is 0 Å². The first-order valence-electron chi connectivity index (χ1n) is 8.09. The summed E-state index contributed by atoms with van der Waals surface area (Å²) in [4.78, 5) is 6.72. The number of hydrogen-bond acceptors (Lipinski definition) is 3. The van der Waals surface area contributed by atoms with Gasteiger partial charge in [-0.3, -0.25) is 4.98 Å². The van der Waals surface area contributed by atoms with Crippen molar-refractivity contribution in [3.63, 3.8) is 0 Å². The molecular formula is C17H29N3. The lowest BCUT2D eigenvalue weighted by Crippen LogP contribution is -2.45. The van der Waals surface area contributed by atoms with E-state index in [-0.39, 0.29) is 0 Å². The summed E-state index contributed by atoms with van der Waals surface area (Å²) in [5.41, 5.74) is 1.33. The first-order valence-corrected chi connectivity index (χ1v) is 8.09. The van der Waals surface area contributed by atoms with E-state index in [0.29, 0.717) is 12.1 Å². The smallest absolute Gasteiger partial charge is 0.0295 e. The Bertz CT molecular complexity index is 377. The lowest BCUT2D eigenvalue weighted by atomic mass is 9.90. The van der Waals surface area contributed by atoms with Gasteiger partial charge in [0.15, 0.2) is 0 Å². The molecule has 1 N–H and O–H groups in total. The van der Waals surface area contributed by atoms with Crippen molar-refractivity contribution in [1.29, 1.82) is 0 Å². The molecule has 2 rings (SSSR count). The number of pyridine rings is 1. The number of aromatic nitrogens is 1. The zero-order valence-corrected chi connectivity index (χ0v) is 13.2. The van der Waals surface area contributed by atoms with Gasteiger partial charge in [0, 0.05) is 31.0 Å². The molecule has 1 aromatic rings. The van der Waals surface area contributed by atoms with Crippen LogP contribution < -0.4 is 5.32 Å². The molecule has 0 aromatic carbocycles. The highest BCUT2D eigenvalue weighted by atomic mass is 15.1. The Balaban J connectivity index is 1.86. The van der Waals surface area contributed by atoms with Crippen LogP contribution >= 0.6 is 0 Å². The Kier molecular flexibility index (Phi) is 5.99. The first-order chi connectivity index (χ1) is 9.70. The topological polar surface area (TPSA) is 28.2 Å². The van der Waals surface area contributed by atoms with Crippen LogP contribution in [-0.4, -0.2) is 35.6 Å². The third-order valence-electron chi connectivity index (χ3n) is 4.51. The van der Waals surface area contributed by atoms with Crippen molar-refractivity contribution in [2.75, 3.05) is 19.6 Å². The molecule has 112 valence electrons. The predicted octanol–water partition coefficient (Wildman–Crippen LogP) is 3.24. The average molecular weight is 275 g/mol. The predicted molar refractivity (Wildman–Crippen MR) is 84.7 cm³/mol. The minimum Gasteiger partial charge on any atom is -0.307 e. The van der Waals surface area contributed by atoms with Gasteiger partial charge in [-0.25, -0.2) is 0 Å². The lowest BCUT2D eigenvalue weighted by molar-refractivity contribution is 0.147. The maximum absolute atomic E-state index is 4.09. The summed E-state index contributed by atoms with van der Waals surface area (Å²) in [5, 5.41) is 3.77. The summed E-state index contributed by atoms with van der Waals surface area (Å²) in [6, 6.07) is 5.18. The molecule has 2 unspecified atom stereocenters. The molecule has 3 heteroatoms. The van der Waals surface area contributed by atoms with E-state index in [1.165, 1.54) is 44.5 Å². The highest BCUT2D eigenvalue weighted by molar-refractivity contribution is 5.14. The Labute approximate surface area is 123 Å². The number of piperidine rings is 1. The van der Waals surface area contributed by atoms with Crippen LogP contribution in [0.5, 0.6) is 0 Å². The maximum atomic E-state index is 4.09. The normalized spacial score (nSPS) is 23.4. The zero-order chi connectivity index (χ0) is 14.4. The second kappa shape index (κ2) is 7.75. The van der Waals surface area contributed by atoms with Gasteiger partial charge in [-0.2, -0.15) is 0 Å². The van der Waals surface area contributed by atoms with Crippen molar-refractivity contribution in [3.05, 3.63) is 30.1 Å². The SMILES string of the molecule is CCCN1CCCC(C(C)N[C@H](C)c2ccncc2)C1. The molecule has 20 heavy (non-hydrogen) atoms. The summed E-state index contributed by atoms with van der Waals surface area (Å²) in [6.45, 7) is 10.7. The van der Waals surface area contributed by atoms with Crippen LogP contribution in [0.1, 0.15) is 51.6 Å². The number of nitrogens with one attached hydrogen (secondary N) is 1. The fourth-order valence-corrected chi connectivity index (χ4v) is 3.30. The third kappa shape index (κ3) is 4.29. The zero-order valence-electron chi connectivity index (χ0n) is 13.2. The largest absolute Gasteiger partial charge is 0.307 e. The average Bonchev–Trinajstić information content (AvgIpc) is 2.48. The van der Waals surface area contributed by atoms with Gasteiger partial charge in [-0.05, 0) is 69.8 Å². The van der Waals surface area contributed by atoms with Gasteiger partial charge >= 0.3 is 0 Å². The van der Waals surface area contributed by atoms with Gasteiger partial charge in [0.1, 0.15) is 0 Å². The number of nitrogens with zero attached hydrogens (tertiary/aromatic N) is 2. The minimum absolute atomic E-state index is 0.398. The Morgan fingerprint density at radius 1 is 1.35 bits per heavy atom. The molecule has 0 aliphatic carbocycles. The van der Waals surface area contributed by atoms with Crippen LogP contribution in [-0.2, 0) is 0 Å². The molecule has 1 saturated heterocycles. The van der Waals surface area contributed by atoms with Crippen molar-refractivity contribution >= 4 is 0 Å². The van der Waals surface area contributed by atoms with E-state index < -0.39 is 0 Å². The summed E-state index contributed by atoms with van der Waals surface area (Å²) in [6.07, 6.45) is 7.73. The van der Waals surface area contributed by atoms with Gasteiger partial charge in [-0.15, -0.1) is 0 Å². The molecule has 0 spiro atoms. The van der Waals surface area contributed by atoms with Gasteiger partial charge in [0.05, 0.1) is 0 Å². The Morgan fingerprint density at radius 2 is 2.10 bits per heavy atom. The first kappa shape index (κ1) is 15.5. The summed E-state index contributed by atoms with van der Waals surface area (Å²) < 4.78 is 0. The van der Waals surface area contributed by atoms with Crippen molar-refractivity contribution in [1.82, 2.24) is 15.2 Å². The molecule has 0 bridgehead atoms. The molecule has 2 heterocycles. The van der Waals surface area contributed by atoms with Crippen LogP contribution in [0.25, 0.3) is 0 Å². The monoisotopic (exact) mass is 275 g/mol. The minimum atomic E-state index is 0.398. The van der Waals surface area contributed by atoms with Crippen molar-refractivity contribution in [2.24, 2.45) is 5.92 Å². The highest BCUT2D eigenvalue weighted by Crippen LogP contribution is 2.22. The van der Waals surface area contributed by atoms with E-state index in [1.807, 2.05) is 12.4 Å². The Morgan fingerprint density at radius 3 is 2.80 bits per heavy atom. The Hall–Kier alpha value is -0.930. The molecule has 0 saturated carbocycles. The summed E-state index contributed by atoms with van der Waals surface area (Å²) in [7, 11) is 0. The third-order valence-corrected chi connectivity index (χ3v) is 4.51. The van der Waals surface area contributed by atoms with E-state index in [4.69, 9.17) is 0 Å². The van der Waals surface area contributed by atoms with Gasteiger partial charge in [0.2, 0.25) is 0 Å². The summed E-state index contributed by atoms with van der Waals surface area (Å²) >= 11 is 0. The molecule has 3 nitrogen and oxygen atoms in total. The van der Waals surface area contributed by atoms with Crippen molar-refractivity contribution in [2.45, 2.75) is 52.1 Å². The fourth-order valence-electron chi connectivity index (χ4n) is 3.30. The van der Waals surface area contributed by atoms with E-state index in [9.17, 15) is 0 Å². The van der Waals surface area contributed by atoms with Crippen LogP contribution in [0.4, 0.5) is 0 Å². The molecule has 0 amide bonds. The molecular weight excluding hydrogens is 246 g/mol. The number of hydrogen-bond donors (Lipinski definition) is 1. The lowest BCUT2D eigenvalue weighted by Gasteiger charge is -2.37. The molecule has 1 aromatic heterocycles. The summed E-state index contributed by atoms with van der Waals surface area (Å²) in [5.74, 6) is 0.777. The molecule has 3 atom stereocenters. The van der Waals surface area contributed by atoms with Crippen molar-refractivity contribution in [3.8, 4) is 0 Å². The molecule has 1 aliphatic rings. The number of rotatable bonds is 6. The second-order valence-electron chi connectivity index (χ2n) is 6.16. The van der Waals surface area contributed by atoms with Gasteiger partial charge in [0.25, 0.3) is 0 Å². The maximum Gasteiger partial charge on any atom is 0.0295 e. The number of likely N-dealkylation sites (tertiary alicyclic amines) is 1. The standard InChI is InChI=1S/C17H29N3/c1-4-11-20-12-5-6-17(13-20)15(3)19-14(2)16-7-9-18-10-8-16/h7-10,14-15,17,19H,4-6,11-13H2,1-3H3/t14-,15?,17?/m1/s1. The second-order valence-corrected chi connectivity index (χ2v) is 6.16. The molecule has 1 aliphatic heterocycles. The van der Waals surface area contributed by atoms with Gasteiger partial charge < -0.3 is 10.2 Å². The van der Waals surface area contributed by atoms with E-state index in [2.05, 4.69) is 48.1 Å².